The monoisotopic (exact) mass is 445 g/mol. The van der Waals surface area contributed by atoms with Gasteiger partial charge in [0.2, 0.25) is 11.9 Å². The summed E-state index contributed by atoms with van der Waals surface area (Å²) in [5.74, 6) is 1.12. The molecule has 1 aliphatic rings. The van der Waals surface area contributed by atoms with E-state index in [4.69, 9.17) is 4.74 Å². The van der Waals surface area contributed by atoms with Gasteiger partial charge >= 0.3 is 0 Å². The fourth-order valence-corrected chi connectivity index (χ4v) is 3.49. The van der Waals surface area contributed by atoms with E-state index in [0.717, 1.165) is 24.8 Å². The number of rotatable bonds is 7. The molecule has 168 valence electrons. The molecule has 2 amide bonds. The predicted molar refractivity (Wildman–Crippen MR) is 121 cm³/mol. The summed E-state index contributed by atoms with van der Waals surface area (Å²) in [6, 6.07) is 10.6. The lowest BCUT2D eigenvalue weighted by Gasteiger charge is -2.09. The molecule has 3 heterocycles. The Morgan fingerprint density at radius 1 is 1.09 bits per heavy atom. The first-order chi connectivity index (χ1) is 16.0. The molecule has 3 aromatic heterocycles. The molecule has 10 nitrogen and oxygen atoms in total. The van der Waals surface area contributed by atoms with Crippen LogP contribution >= 0.6 is 0 Å². The SMILES string of the molecule is CCc1cn(C)nc1C(=O)Nc1cccc(Oc2ccc3nc(NC(=O)C4CC4)nn3c2)c1. The molecular formula is C23H23N7O3. The predicted octanol–water partition coefficient (Wildman–Crippen LogP) is 3.42. The van der Waals surface area contributed by atoms with Gasteiger partial charge in [-0.15, -0.1) is 5.10 Å². The minimum atomic E-state index is -0.269. The van der Waals surface area contributed by atoms with Crippen molar-refractivity contribution < 1.29 is 14.3 Å². The lowest BCUT2D eigenvalue weighted by Crippen LogP contribution is -2.14. The van der Waals surface area contributed by atoms with Crippen LogP contribution in [0.5, 0.6) is 11.5 Å². The normalized spacial score (nSPS) is 13.2. The molecule has 1 saturated carbocycles. The molecule has 33 heavy (non-hydrogen) atoms. The van der Waals surface area contributed by atoms with E-state index < -0.39 is 0 Å². The smallest absolute Gasteiger partial charge is 0.276 e. The summed E-state index contributed by atoms with van der Waals surface area (Å²) < 4.78 is 9.14. The second kappa shape index (κ2) is 8.38. The zero-order valence-corrected chi connectivity index (χ0v) is 18.3. The van der Waals surface area contributed by atoms with Gasteiger partial charge in [0.1, 0.15) is 11.5 Å². The maximum atomic E-state index is 12.7. The fourth-order valence-electron chi connectivity index (χ4n) is 3.49. The van der Waals surface area contributed by atoms with Crippen LogP contribution in [0, 0.1) is 5.92 Å². The Bertz CT molecular complexity index is 1350. The zero-order chi connectivity index (χ0) is 22.9. The molecule has 5 rings (SSSR count). The molecule has 0 aliphatic heterocycles. The molecule has 2 N–H and O–H groups in total. The summed E-state index contributed by atoms with van der Waals surface area (Å²) in [7, 11) is 1.79. The number of ether oxygens (including phenoxy) is 1. The molecule has 0 bridgehead atoms. The van der Waals surface area contributed by atoms with Crippen molar-refractivity contribution in [3.05, 3.63) is 60.0 Å². The third-order valence-electron chi connectivity index (χ3n) is 5.32. The van der Waals surface area contributed by atoms with E-state index in [0.29, 0.717) is 28.5 Å². The highest BCUT2D eigenvalue weighted by Crippen LogP contribution is 2.30. The number of fused-ring (bicyclic) bond motifs is 1. The van der Waals surface area contributed by atoms with Crippen LogP contribution in [0.2, 0.25) is 0 Å². The molecule has 4 aromatic rings. The lowest BCUT2D eigenvalue weighted by atomic mass is 10.2. The van der Waals surface area contributed by atoms with Gasteiger partial charge in [-0.1, -0.05) is 13.0 Å². The quantitative estimate of drug-likeness (QED) is 0.450. The van der Waals surface area contributed by atoms with Crippen LogP contribution in [0.25, 0.3) is 5.65 Å². The van der Waals surface area contributed by atoms with E-state index in [1.165, 1.54) is 0 Å². The number of pyridine rings is 1. The third kappa shape index (κ3) is 4.54. The Hall–Kier alpha value is -4.21. The summed E-state index contributed by atoms with van der Waals surface area (Å²) in [6.07, 6.45) is 6.08. The van der Waals surface area contributed by atoms with Crippen LogP contribution in [-0.4, -0.2) is 36.2 Å². The van der Waals surface area contributed by atoms with Gasteiger partial charge in [-0.2, -0.15) is 10.1 Å². The lowest BCUT2D eigenvalue weighted by molar-refractivity contribution is -0.117. The van der Waals surface area contributed by atoms with Crippen LogP contribution in [-0.2, 0) is 18.3 Å². The fraction of sp³-hybridized carbons (Fsp3) is 0.261. The average molecular weight is 445 g/mol. The van der Waals surface area contributed by atoms with E-state index in [1.807, 2.05) is 13.1 Å². The number of anilines is 2. The molecule has 0 spiro atoms. The maximum absolute atomic E-state index is 12.7. The van der Waals surface area contributed by atoms with Gasteiger partial charge in [-0.3, -0.25) is 19.6 Å². The van der Waals surface area contributed by atoms with Crippen molar-refractivity contribution >= 4 is 29.1 Å². The number of benzene rings is 1. The highest BCUT2D eigenvalue weighted by molar-refractivity contribution is 6.03. The maximum Gasteiger partial charge on any atom is 0.276 e. The molecule has 1 fully saturated rings. The number of hydrogen-bond donors (Lipinski definition) is 2. The highest BCUT2D eigenvalue weighted by Gasteiger charge is 2.30. The van der Waals surface area contributed by atoms with Crippen molar-refractivity contribution in [3.8, 4) is 11.5 Å². The molecule has 1 aromatic carbocycles. The minimum absolute atomic E-state index is 0.0435. The summed E-state index contributed by atoms with van der Waals surface area (Å²) in [5.41, 5.74) is 2.48. The number of aryl methyl sites for hydroxylation is 2. The summed E-state index contributed by atoms with van der Waals surface area (Å²) in [6.45, 7) is 1.98. The van der Waals surface area contributed by atoms with Crippen molar-refractivity contribution in [1.82, 2.24) is 24.4 Å². The number of aromatic nitrogens is 5. The van der Waals surface area contributed by atoms with E-state index in [9.17, 15) is 9.59 Å². The average Bonchev–Trinajstić information content (AvgIpc) is 3.47. The van der Waals surface area contributed by atoms with Crippen molar-refractivity contribution in [2.75, 3.05) is 10.6 Å². The number of amides is 2. The van der Waals surface area contributed by atoms with Crippen LogP contribution < -0.4 is 15.4 Å². The molecule has 0 atom stereocenters. The van der Waals surface area contributed by atoms with Crippen LogP contribution in [0.3, 0.4) is 0 Å². The van der Waals surface area contributed by atoms with Crippen LogP contribution in [0.15, 0.2) is 48.8 Å². The number of hydrogen-bond acceptors (Lipinski definition) is 6. The highest BCUT2D eigenvalue weighted by atomic mass is 16.5. The van der Waals surface area contributed by atoms with Gasteiger partial charge in [0.25, 0.3) is 5.91 Å². The van der Waals surface area contributed by atoms with E-state index in [1.54, 1.807) is 58.8 Å². The minimum Gasteiger partial charge on any atom is -0.456 e. The van der Waals surface area contributed by atoms with Gasteiger partial charge in [0.05, 0.1) is 6.20 Å². The van der Waals surface area contributed by atoms with Crippen molar-refractivity contribution in [2.24, 2.45) is 13.0 Å². The van der Waals surface area contributed by atoms with Crippen molar-refractivity contribution in [1.29, 1.82) is 0 Å². The van der Waals surface area contributed by atoms with E-state index in [2.05, 4.69) is 25.8 Å². The molecule has 0 radical (unpaired) electrons. The van der Waals surface area contributed by atoms with Gasteiger partial charge in [-0.25, -0.2) is 4.52 Å². The number of carbonyl (C=O) groups excluding carboxylic acids is 2. The van der Waals surface area contributed by atoms with Crippen LogP contribution in [0.1, 0.15) is 35.8 Å². The van der Waals surface area contributed by atoms with Crippen LogP contribution in [0.4, 0.5) is 11.6 Å². The first-order valence-corrected chi connectivity index (χ1v) is 10.8. The van der Waals surface area contributed by atoms with Gasteiger partial charge in [-0.05, 0) is 43.5 Å². The zero-order valence-electron chi connectivity index (χ0n) is 18.3. The largest absolute Gasteiger partial charge is 0.456 e. The molecule has 0 unspecified atom stereocenters. The Labute approximate surface area is 189 Å². The Kier molecular flexibility index (Phi) is 5.25. The van der Waals surface area contributed by atoms with Gasteiger partial charge in [0.15, 0.2) is 11.3 Å². The first-order valence-electron chi connectivity index (χ1n) is 10.8. The second-order valence-corrected chi connectivity index (χ2v) is 7.98. The van der Waals surface area contributed by atoms with E-state index >= 15 is 0 Å². The van der Waals surface area contributed by atoms with E-state index in [-0.39, 0.29) is 23.7 Å². The second-order valence-electron chi connectivity index (χ2n) is 7.98. The first kappa shape index (κ1) is 20.7. The molecule has 10 heteroatoms. The Morgan fingerprint density at radius 2 is 1.94 bits per heavy atom. The number of nitrogens with zero attached hydrogens (tertiary/aromatic N) is 5. The topological polar surface area (TPSA) is 115 Å². The summed E-state index contributed by atoms with van der Waals surface area (Å²) in [4.78, 5) is 28.9. The van der Waals surface area contributed by atoms with Crippen molar-refractivity contribution in [3.63, 3.8) is 0 Å². The van der Waals surface area contributed by atoms with Crippen molar-refractivity contribution in [2.45, 2.75) is 26.2 Å². The molecule has 0 saturated heterocycles. The summed E-state index contributed by atoms with van der Waals surface area (Å²) >= 11 is 0. The third-order valence-corrected chi connectivity index (χ3v) is 5.32. The molecule has 1 aliphatic carbocycles. The summed E-state index contributed by atoms with van der Waals surface area (Å²) in [5, 5.41) is 14.2. The molecular weight excluding hydrogens is 422 g/mol. The van der Waals surface area contributed by atoms with Gasteiger partial charge in [0, 0.05) is 36.5 Å². The number of nitrogens with one attached hydrogen (secondary N) is 2. The number of carbonyl (C=O) groups is 2. The van der Waals surface area contributed by atoms with Gasteiger partial charge < -0.3 is 10.1 Å². The Balaban J connectivity index is 1.29. The standard InChI is InChI=1S/C23H23N7O3/c1-3-14-12-29(2)27-20(14)22(32)24-16-5-4-6-17(11-16)33-18-9-10-19-25-23(28-30(19)13-18)26-21(31)15-7-8-15/h4-6,9-13,15H,3,7-8H2,1-2H3,(H,24,32)(H,26,28,31). The Morgan fingerprint density at radius 3 is 2.73 bits per heavy atom.